The van der Waals surface area contributed by atoms with E-state index in [1.807, 2.05) is 6.92 Å². The Kier molecular flexibility index (Phi) is 5.86. The van der Waals surface area contributed by atoms with Crippen molar-refractivity contribution in [3.8, 4) is 0 Å². The number of carboxylic acid groups (broad SMARTS) is 1. The van der Waals surface area contributed by atoms with Gasteiger partial charge in [-0.1, -0.05) is 19.8 Å². The molecule has 118 valence electrons. The fraction of sp³-hybridized carbons (Fsp3) is 0.500. The van der Waals surface area contributed by atoms with E-state index in [0.29, 0.717) is 6.42 Å². The number of hydrogen-bond donors (Lipinski definition) is 2. The summed E-state index contributed by atoms with van der Waals surface area (Å²) in [4.78, 5) is 11.1. The molecular weight excluding hydrogens is 297 g/mol. The summed E-state index contributed by atoms with van der Waals surface area (Å²) in [5.41, 5.74) is 0.499. The Morgan fingerprint density at radius 3 is 2.29 bits per heavy atom. The number of halogens is 1. The molecule has 21 heavy (non-hydrogen) atoms. The van der Waals surface area contributed by atoms with Crippen LogP contribution < -0.4 is 4.72 Å². The first kappa shape index (κ1) is 17.6. The first-order valence-electron chi connectivity index (χ1n) is 6.71. The lowest BCUT2D eigenvalue weighted by molar-refractivity contribution is -0.139. The zero-order valence-corrected chi connectivity index (χ0v) is 13.1. The van der Waals surface area contributed by atoms with E-state index in [9.17, 15) is 17.6 Å². The molecule has 1 atom stereocenters. The van der Waals surface area contributed by atoms with Crippen LogP contribution in [-0.4, -0.2) is 25.5 Å². The van der Waals surface area contributed by atoms with E-state index in [1.165, 1.54) is 13.8 Å². The van der Waals surface area contributed by atoms with Crippen molar-refractivity contribution in [1.82, 2.24) is 4.72 Å². The molecule has 1 aromatic carbocycles. The lowest BCUT2D eigenvalue weighted by Crippen LogP contribution is -2.41. The molecule has 0 aliphatic heterocycles. The molecule has 1 unspecified atom stereocenters. The Morgan fingerprint density at radius 1 is 1.33 bits per heavy atom. The molecule has 1 aromatic rings. The van der Waals surface area contributed by atoms with Crippen molar-refractivity contribution in [1.29, 1.82) is 0 Å². The predicted molar refractivity (Wildman–Crippen MR) is 77.1 cm³/mol. The first-order chi connectivity index (χ1) is 9.69. The monoisotopic (exact) mass is 317 g/mol. The van der Waals surface area contributed by atoms with E-state index in [2.05, 4.69) is 4.72 Å². The zero-order chi connectivity index (χ0) is 16.2. The molecule has 0 bridgehead atoms. The fourth-order valence-electron chi connectivity index (χ4n) is 2.21. The largest absolute Gasteiger partial charge is 0.480 e. The van der Waals surface area contributed by atoms with Crippen molar-refractivity contribution < 1.29 is 22.7 Å². The van der Waals surface area contributed by atoms with Gasteiger partial charge in [-0.05, 0) is 43.5 Å². The minimum atomic E-state index is -4.01. The fourth-order valence-corrected chi connectivity index (χ4v) is 3.89. The molecule has 5 nitrogen and oxygen atoms in total. The van der Waals surface area contributed by atoms with Gasteiger partial charge in [-0.15, -0.1) is 0 Å². The van der Waals surface area contributed by atoms with Gasteiger partial charge in [0.1, 0.15) is 11.9 Å². The van der Waals surface area contributed by atoms with Gasteiger partial charge in [0.15, 0.2) is 0 Å². The van der Waals surface area contributed by atoms with Crippen LogP contribution in [0.2, 0.25) is 0 Å². The van der Waals surface area contributed by atoms with Crippen LogP contribution in [0.15, 0.2) is 17.0 Å². The molecule has 0 spiro atoms. The molecular formula is C14H20FNO4S. The minimum Gasteiger partial charge on any atom is -0.480 e. The van der Waals surface area contributed by atoms with E-state index in [0.717, 1.165) is 18.6 Å². The van der Waals surface area contributed by atoms with Crippen LogP contribution >= 0.6 is 0 Å². The lowest BCUT2D eigenvalue weighted by Gasteiger charge is -2.17. The second-order valence-corrected chi connectivity index (χ2v) is 6.67. The highest BCUT2D eigenvalue weighted by Gasteiger charge is 2.27. The van der Waals surface area contributed by atoms with E-state index < -0.39 is 27.9 Å². The highest BCUT2D eigenvalue weighted by Crippen LogP contribution is 2.22. The van der Waals surface area contributed by atoms with Crippen LogP contribution in [0.1, 0.15) is 37.3 Å². The highest BCUT2D eigenvalue weighted by molar-refractivity contribution is 7.89. The Balaban J connectivity index is 3.14. The molecule has 7 heteroatoms. The molecule has 0 aromatic heterocycles. The number of aryl methyl sites for hydroxylation is 2. The van der Waals surface area contributed by atoms with Gasteiger partial charge < -0.3 is 5.11 Å². The summed E-state index contributed by atoms with van der Waals surface area (Å²) >= 11 is 0. The average Bonchev–Trinajstić information content (AvgIpc) is 2.32. The average molecular weight is 317 g/mol. The van der Waals surface area contributed by atoms with Crippen molar-refractivity contribution in [2.24, 2.45) is 0 Å². The minimum absolute atomic E-state index is 0.0633. The van der Waals surface area contributed by atoms with E-state index in [4.69, 9.17) is 5.11 Å². The number of unbranched alkanes of at least 4 members (excludes halogenated alkanes) is 1. The molecule has 0 saturated carbocycles. The van der Waals surface area contributed by atoms with Crippen molar-refractivity contribution >= 4 is 16.0 Å². The number of carboxylic acids is 1. The number of carbonyl (C=O) groups is 1. The van der Waals surface area contributed by atoms with E-state index in [-0.39, 0.29) is 22.4 Å². The predicted octanol–water partition coefficient (Wildman–Crippen LogP) is 2.36. The summed E-state index contributed by atoms with van der Waals surface area (Å²) in [6.45, 7) is 4.85. The standard InChI is InChI=1S/C14H20FNO4S/c1-4-5-6-12(14(17)18)16-21(19,20)13-9(2)7-11(15)8-10(13)3/h7-8,12,16H,4-6H2,1-3H3,(H,17,18). The van der Waals surface area contributed by atoms with Crippen LogP contribution in [0.25, 0.3) is 0 Å². The Hall–Kier alpha value is -1.47. The second-order valence-electron chi connectivity index (χ2n) is 5.02. The quantitative estimate of drug-likeness (QED) is 0.808. The van der Waals surface area contributed by atoms with Crippen LogP contribution in [0.5, 0.6) is 0 Å². The molecule has 0 radical (unpaired) electrons. The third kappa shape index (κ3) is 4.50. The lowest BCUT2D eigenvalue weighted by atomic mass is 10.1. The smallest absolute Gasteiger partial charge is 0.321 e. The normalized spacial score (nSPS) is 13.1. The topological polar surface area (TPSA) is 83.5 Å². The van der Waals surface area contributed by atoms with Gasteiger partial charge in [0.2, 0.25) is 10.0 Å². The summed E-state index contributed by atoms with van der Waals surface area (Å²) in [6, 6.07) is 1.05. The molecule has 0 aliphatic carbocycles. The molecule has 1 rings (SSSR count). The van der Waals surface area contributed by atoms with Crippen LogP contribution in [0, 0.1) is 19.7 Å². The van der Waals surface area contributed by atoms with Crippen LogP contribution in [-0.2, 0) is 14.8 Å². The zero-order valence-electron chi connectivity index (χ0n) is 12.3. The number of benzene rings is 1. The molecule has 0 aliphatic rings. The van der Waals surface area contributed by atoms with Crippen molar-refractivity contribution in [2.75, 3.05) is 0 Å². The third-order valence-electron chi connectivity index (χ3n) is 3.14. The number of sulfonamides is 1. The van der Waals surface area contributed by atoms with Crippen LogP contribution in [0.4, 0.5) is 4.39 Å². The van der Waals surface area contributed by atoms with E-state index in [1.54, 1.807) is 0 Å². The molecule has 2 N–H and O–H groups in total. The van der Waals surface area contributed by atoms with E-state index >= 15 is 0 Å². The molecule has 0 heterocycles. The molecule has 0 saturated heterocycles. The maximum Gasteiger partial charge on any atom is 0.321 e. The number of nitrogens with one attached hydrogen (secondary N) is 1. The highest BCUT2D eigenvalue weighted by atomic mass is 32.2. The number of rotatable bonds is 7. The third-order valence-corrected chi connectivity index (χ3v) is 4.91. The Bertz CT molecular complexity index is 605. The summed E-state index contributed by atoms with van der Waals surface area (Å²) in [5, 5.41) is 9.11. The van der Waals surface area contributed by atoms with Gasteiger partial charge in [0.05, 0.1) is 4.90 Å². The summed E-state index contributed by atoms with van der Waals surface area (Å²) in [7, 11) is -4.01. The Morgan fingerprint density at radius 2 is 1.86 bits per heavy atom. The number of hydrogen-bond acceptors (Lipinski definition) is 3. The summed E-state index contributed by atoms with van der Waals surface area (Å²) < 4.78 is 40.2. The van der Waals surface area contributed by atoms with Crippen molar-refractivity contribution in [3.05, 3.63) is 29.1 Å². The second kappa shape index (κ2) is 7.00. The van der Waals surface area contributed by atoms with Gasteiger partial charge in [0.25, 0.3) is 0 Å². The van der Waals surface area contributed by atoms with Gasteiger partial charge in [0, 0.05) is 0 Å². The van der Waals surface area contributed by atoms with Gasteiger partial charge >= 0.3 is 5.97 Å². The number of aliphatic carboxylic acids is 1. The van der Waals surface area contributed by atoms with Crippen LogP contribution in [0.3, 0.4) is 0 Å². The maximum atomic E-state index is 13.2. The molecule has 0 fully saturated rings. The SMILES string of the molecule is CCCCC(NS(=O)(=O)c1c(C)cc(F)cc1C)C(=O)O. The van der Waals surface area contributed by atoms with Gasteiger partial charge in [-0.2, -0.15) is 4.72 Å². The summed E-state index contributed by atoms with van der Waals surface area (Å²) in [6.07, 6.45) is 1.57. The maximum absolute atomic E-state index is 13.2. The van der Waals surface area contributed by atoms with Crippen molar-refractivity contribution in [3.63, 3.8) is 0 Å². The Labute approximate surface area is 124 Å². The van der Waals surface area contributed by atoms with Crippen molar-refractivity contribution in [2.45, 2.75) is 51.0 Å². The molecule has 0 amide bonds. The first-order valence-corrected chi connectivity index (χ1v) is 8.19. The van der Waals surface area contributed by atoms with Gasteiger partial charge in [-0.3, -0.25) is 4.79 Å². The summed E-state index contributed by atoms with van der Waals surface area (Å²) in [5.74, 6) is -1.74. The van der Waals surface area contributed by atoms with Gasteiger partial charge in [-0.25, -0.2) is 12.8 Å².